The molecule has 2 aliphatic heterocycles. The normalized spacial score (nSPS) is 28.1. The first-order chi connectivity index (χ1) is 34.3. The van der Waals surface area contributed by atoms with Crippen LogP contribution in [-0.2, 0) is 94.5 Å². The van der Waals surface area contributed by atoms with Crippen molar-refractivity contribution in [1.82, 2.24) is 39.0 Å². The molecule has 0 amide bonds. The Bertz CT molecular complexity index is 3270. The molecule has 56 heteroatoms. The minimum Gasteiger partial charge on any atom is -0.390 e. The number of nitrogens with zero attached hydrogens (tertiary/aromatic N) is 8. The second kappa shape index (κ2) is 22.2. The van der Waals surface area contributed by atoms with Gasteiger partial charge in [-0.25, -0.2) is 84.6 Å². The van der Waals surface area contributed by atoms with Gasteiger partial charge in [0.15, 0.2) is 46.3 Å². The molecule has 0 bridgehead atoms. The Morgan fingerprint density at radius 1 is 0.566 bits per heavy atom. The van der Waals surface area contributed by atoms with E-state index in [1.54, 1.807) is 0 Å². The first-order valence-corrected chi connectivity index (χ1v) is 32.7. The maximum atomic E-state index is 13.7. The van der Waals surface area contributed by atoms with Crippen molar-refractivity contribution >= 4 is 128 Å². The largest absolute Gasteiger partial charge is 0.490 e. The quantitative estimate of drug-likeness (QED) is 0.0230. The summed E-state index contributed by atoms with van der Waals surface area (Å²) in [6, 6.07) is 0. The zero-order valence-corrected chi connectivity index (χ0v) is 45.0. The molecule has 0 aliphatic carbocycles. The van der Waals surface area contributed by atoms with E-state index in [0.29, 0.717) is 4.57 Å². The molecule has 2 aliphatic rings. The summed E-state index contributed by atoms with van der Waals surface area (Å²) in [5.74, 6) is -6.00. The molecule has 0 saturated carbocycles. The van der Waals surface area contributed by atoms with E-state index in [1.165, 1.54) is 0 Å². The highest BCUT2D eigenvalue weighted by molar-refractivity contribution is 7.68. The first-order valence-electron chi connectivity index (χ1n) is 18.4. The Morgan fingerprint density at radius 2 is 0.961 bits per heavy atom. The molecule has 0 radical (unpaired) electrons. The molecule has 0 aromatic carbocycles. The third-order valence-electron chi connectivity index (χ3n) is 8.62. The summed E-state index contributed by atoms with van der Waals surface area (Å²) in [7, 11) is -61.9. The van der Waals surface area contributed by atoms with Crippen molar-refractivity contribution in [3.05, 3.63) is 23.2 Å². The van der Waals surface area contributed by atoms with Crippen LogP contribution in [0.2, 0.25) is 10.6 Å². The highest BCUT2D eigenvalue weighted by Gasteiger charge is 2.65. The van der Waals surface area contributed by atoms with Crippen LogP contribution in [0.25, 0.3) is 22.3 Å². The lowest BCUT2D eigenvalue weighted by Crippen LogP contribution is -2.52. The number of nitrogen functional groups attached to an aromatic ring is 2. The van der Waals surface area contributed by atoms with Crippen LogP contribution >= 0.6 is 93.6 Å². The van der Waals surface area contributed by atoms with Crippen molar-refractivity contribution < 1.29 is 164 Å². The van der Waals surface area contributed by atoms with E-state index in [9.17, 15) is 90.7 Å². The van der Waals surface area contributed by atoms with Crippen LogP contribution in [-0.4, -0.2) is 151 Å². The number of phosphoric ester groups is 4. The van der Waals surface area contributed by atoms with Crippen LogP contribution in [0, 0.1) is 0 Å². The van der Waals surface area contributed by atoms with Crippen molar-refractivity contribution in [1.29, 1.82) is 0 Å². The molecule has 4 aromatic heterocycles. The number of aliphatic hydroxyl groups excluding tert-OH is 3. The second-order valence-electron chi connectivity index (χ2n) is 14.1. The van der Waals surface area contributed by atoms with Gasteiger partial charge in [-0.3, -0.25) is 13.7 Å². The highest BCUT2D eigenvalue weighted by Crippen LogP contribution is 2.74. The fraction of sp³-hybridized carbons (Fsp3) is 0.500. The van der Waals surface area contributed by atoms with Crippen LogP contribution in [0.1, 0.15) is 18.9 Å². The van der Waals surface area contributed by atoms with Crippen molar-refractivity contribution in [2.75, 3.05) is 18.1 Å². The van der Waals surface area contributed by atoms with Gasteiger partial charge in [-0.15, -0.1) is 0 Å². The van der Waals surface area contributed by atoms with Crippen LogP contribution in [0.4, 0.5) is 11.6 Å². The van der Waals surface area contributed by atoms with E-state index >= 15 is 0 Å². The Morgan fingerprint density at radius 3 is 1.39 bits per heavy atom. The topological polar surface area (TPSA) is 687 Å². The lowest BCUT2D eigenvalue weighted by atomic mass is 10.1. The molecule has 6 heterocycles. The molecule has 18 N–H and O–H groups in total. The van der Waals surface area contributed by atoms with Gasteiger partial charge in [0.1, 0.15) is 37.2 Å². The van der Waals surface area contributed by atoms with E-state index in [0.717, 1.165) is 17.2 Å². The van der Waals surface area contributed by atoms with Crippen LogP contribution in [0.15, 0.2) is 12.7 Å². The van der Waals surface area contributed by atoms with Gasteiger partial charge in [-0.05, 0) is 23.2 Å². The third-order valence-corrected chi connectivity index (χ3v) is 21.0. The summed E-state index contributed by atoms with van der Waals surface area (Å²) in [6.07, 6.45) is -16.0. The number of hydrogen-bond acceptors (Lipinski definition) is 32. The summed E-state index contributed by atoms with van der Waals surface area (Å²) in [4.78, 5) is 131. The molecule has 2 saturated heterocycles. The van der Waals surface area contributed by atoms with Crippen LogP contribution in [0.3, 0.4) is 0 Å². The predicted octanol–water partition coefficient (Wildman–Crippen LogP) is -0.887. The predicted molar refractivity (Wildman–Crippen MR) is 231 cm³/mol. The third kappa shape index (κ3) is 15.9. The molecule has 2 fully saturated rings. The summed E-state index contributed by atoms with van der Waals surface area (Å²) < 4.78 is 166. The van der Waals surface area contributed by atoms with E-state index in [4.69, 9.17) is 63.7 Å². The van der Waals surface area contributed by atoms with Crippen molar-refractivity contribution in [2.45, 2.75) is 55.4 Å². The SMILES string of the molecule is Nc1ncnc2c1nc(Cl)n2[C@@H]1O[C@H](COP(=O)(O)OP(=O)(O)OP(=O)(O)OC(OP(=O)(O)OP(=O)(O)OP(=O)(O)O)(OP(=O)(O)OP(=O)(O)OP(=O)(O)O)[C@H]2O[C@@H](n3c(Cl)nc4c(N)ncnc43)C[C@@H]2O)[C@@H](O)[C@H]1O. The number of anilines is 2. The number of ether oxygens (including phenoxy) is 2. The smallest absolute Gasteiger partial charge is 0.390 e. The summed E-state index contributed by atoms with van der Waals surface area (Å²) in [6.45, 7) is -1.46. The first kappa shape index (κ1) is 63.5. The average Bonchev–Trinajstić information content (AvgIpc) is 3.91. The summed E-state index contributed by atoms with van der Waals surface area (Å²) in [5.41, 5.74) is 10.3. The number of aliphatic hydroxyl groups is 3. The minimum absolute atomic E-state index is 0.138. The number of fused-ring (bicyclic) bond motifs is 2. The molecule has 76 heavy (non-hydrogen) atoms. The molecule has 0 spiro atoms. The molecule has 45 nitrogen and oxygen atoms in total. The van der Waals surface area contributed by atoms with Gasteiger partial charge in [-0.1, -0.05) is 0 Å². The standard InChI is InChI=1S/C20H31Cl2N10O35P9/c21-18-29-8-13(23)25-3-27-15(8)31(18)7-1-5(33)12(58-7)20(59-71(44,45)65-74(50,51)62-68(36,37)38,60-72(46,47)66-75(52,53)63-69(39,40)41)61-73(48,49)67-76(54,55)64-70(42,43)56-2-6-10(34)11(35)17(57-6)32-16-9(30-19(32)22)14(24)26-4-28-16/h3-7,10-12,17,33-35H,1-2H2,(H,42,43)(H,44,45)(H,46,47)(H,48,49)(H,50,51)(H,52,53)(H,54,55)(H2,23,25,27)(H2,24,26,28)(H2,36,37,38)(H2,39,40,41)/t5-,6+,7+,10+,11+,12-,17+/m0/s1. The van der Waals surface area contributed by atoms with Gasteiger partial charge in [0.25, 0.3) is 0 Å². The zero-order valence-electron chi connectivity index (χ0n) is 35.5. The fourth-order valence-corrected chi connectivity index (χ4v) is 16.9. The molecule has 14 atom stereocenters. The summed E-state index contributed by atoms with van der Waals surface area (Å²) in [5, 5.41) is 31.4. The Balaban J connectivity index is 1.36. The van der Waals surface area contributed by atoms with E-state index in [1.807, 2.05) is 0 Å². The molecular formula is C20H31Cl2N10O35P9. The number of phosphoric acid groups is 9. The van der Waals surface area contributed by atoms with Gasteiger partial charge in [0.2, 0.25) is 10.6 Å². The molecule has 7 unspecified atom stereocenters. The second-order valence-corrected chi connectivity index (χ2v) is 28.1. The summed E-state index contributed by atoms with van der Waals surface area (Å²) >= 11 is 12.3. The highest BCUT2D eigenvalue weighted by atomic mass is 35.5. The number of aromatic nitrogens is 8. The van der Waals surface area contributed by atoms with Gasteiger partial charge < -0.3 is 90.1 Å². The minimum atomic E-state index is -7.44. The lowest BCUT2D eigenvalue weighted by Gasteiger charge is -2.38. The van der Waals surface area contributed by atoms with E-state index in [-0.39, 0.29) is 17.0 Å². The molecule has 430 valence electrons. The fourth-order valence-electron chi connectivity index (χ4n) is 6.26. The average molecular weight is 1320 g/mol. The molecular weight excluding hydrogens is 1290 g/mol. The molecule has 4 aromatic rings. The van der Waals surface area contributed by atoms with Crippen molar-refractivity contribution in [3.8, 4) is 0 Å². The van der Waals surface area contributed by atoms with Gasteiger partial charge in [0.05, 0.1) is 12.7 Å². The Kier molecular flexibility index (Phi) is 18.6. The maximum Gasteiger partial charge on any atom is 0.490 e. The monoisotopic (exact) mass is 1320 g/mol. The van der Waals surface area contributed by atoms with Crippen molar-refractivity contribution in [2.24, 2.45) is 0 Å². The van der Waals surface area contributed by atoms with Crippen LogP contribution in [0.5, 0.6) is 0 Å². The number of halogens is 2. The molecule has 6 rings (SSSR count). The maximum absolute atomic E-state index is 13.7. The van der Waals surface area contributed by atoms with Crippen LogP contribution < -0.4 is 11.5 Å². The lowest BCUT2D eigenvalue weighted by molar-refractivity contribution is -0.333. The van der Waals surface area contributed by atoms with Crippen molar-refractivity contribution in [3.63, 3.8) is 0 Å². The number of hydrogen-bond donors (Lipinski definition) is 16. The zero-order chi connectivity index (χ0) is 57.4. The Hall–Kier alpha value is -1.69. The van der Waals surface area contributed by atoms with Gasteiger partial charge in [-0.2, -0.15) is 25.9 Å². The van der Waals surface area contributed by atoms with E-state index in [2.05, 4.69) is 73.9 Å². The number of imidazole rings is 2. The number of rotatable bonds is 24. The van der Waals surface area contributed by atoms with Gasteiger partial charge >= 0.3 is 76.4 Å². The Labute approximate surface area is 425 Å². The van der Waals surface area contributed by atoms with Gasteiger partial charge in [0, 0.05) is 6.42 Å². The van der Waals surface area contributed by atoms with E-state index < -0.39 is 160 Å². The number of nitrogens with two attached hydrogens (primary N) is 2.